The number of piperazine rings is 1. The fourth-order valence-corrected chi connectivity index (χ4v) is 3.69. The van der Waals surface area contributed by atoms with Crippen LogP contribution in [0.25, 0.3) is 0 Å². The van der Waals surface area contributed by atoms with Gasteiger partial charge in [-0.25, -0.2) is 0 Å². The number of carbonyl (C=O) groups is 2. The summed E-state index contributed by atoms with van der Waals surface area (Å²) in [5.74, 6) is 1.47. The molecule has 19 heavy (non-hydrogen) atoms. The number of nitrogens with one attached hydrogen (secondary N) is 1. The van der Waals surface area contributed by atoms with E-state index in [2.05, 4.69) is 18.5 Å². The number of hydrogen-bond donors (Lipinski definition) is 1. The first-order valence-electron chi connectivity index (χ1n) is 7.25. The zero-order valence-corrected chi connectivity index (χ0v) is 12.8. The van der Waals surface area contributed by atoms with Crippen LogP contribution in [0.2, 0.25) is 0 Å². The summed E-state index contributed by atoms with van der Waals surface area (Å²) in [5.41, 5.74) is 0. The summed E-state index contributed by atoms with van der Waals surface area (Å²) in [7, 11) is 0. The highest BCUT2D eigenvalue weighted by Gasteiger charge is 2.47. The van der Waals surface area contributed by atoms with Crippen LogP contribution >= 0.6 is 11.8 Å². The molecular weight excluding hydrogens is 260 g/mol. The van der Waals surface area contributed by atoms with Crippen molar-refractivity contribution < 1.29 is 9.59 Å². The van der Waals surface area contributed by atoms with E-state index in [9.17, 15) is 9.59 Å². The Kier molecular flexibility index (Phi) is 4.76. The molecule has 0 aromatic rings. The monoisotopic (exact) mass is 284 g/mol. The van der Waals surface area contributed by atoms with Crippen LogP contribution in [0.3, 0.4) is 0 Å². The van der Waals surface area contributed by atoms with E-state index in [1.165, 1.54) is 0 Å². The van der Waals surface area contributed by atoms with Crippen molar-refractivity contribution in [2.45, 2.75) is 57.7 Å². The molecule has 1 saturated heterocycles. The van der Waals surface area contributed by atoms with Crippen molar-refractivity contribution in [1.29, 1.82) is 0 Å². The van der Waals surface area contributed by atoms with E-state index in [0.29, 0.717) is 12.3 Å². The number of nitrogens with zero attached hydrogens (tertiary/aromatic N) is 1. The van der Waals surface area contributed by atoms with Gasteiger partial charge in [-0.05, 0) is 37.9 Å². The highest BCUT2D eigenvalue weighted by Crippen LogP contribution is 2.36. The normalized spacial score (nSPS) is 29.3. The first kappa shape index (κ1) is 14.7. The molecule has 2 aliphatic rings. The van der Waals surface area contributed by atoms with Gasteiger partial charge in [-0.3, -0.25) is 9.59 Å². The zero-order chi connectivity index (χ0) is 14.0. The van der Waals surface area contributed by atoms with Gasteiger partial charge in [-0.2, -0.15) is 11.8 Å². The van der Waals surface area contributed by atoms with E-state index in [1.54, 1.807) is 11.8 Å². The SMILES string of the molecule is CCC(CSC)N1C(=O)C(C2CC2)NC(=O)C1CC. The van der Waals surface area contributed by atoms with Crippen molar-refractivity contribution in [2.75, 3.05) is 12.0 Å². The van der Waals surface area contributed by atoms with Gasteiger partial charge in [-0.1, -0.05) is 13.8 Å². The van der Waals surface area contributed by atoms with Gasteiger partial charge in [0.05, 0.1) is 0 Å². The Morgan fingerprint density at radius 1 is 1.37 bits per heavy atom. The van der Waals surface area contributed by atoms with E-state index >= 15 is 0 Å². The lowest BCUT2D eigenvalue weighted by Crippen LogP contribution is -2.66. The summed E-state index contributed by atoms with van der Waals surface area (Å²) in [6.07, 6.45) is 5.80. The van der Waals surface area contributed by atoms with Crippen LogP contribution in [-0.4, -0.2) is 46.8 Å². The van der Waals surface area contributed by atoms with Crippen LogP contribution in [-0.2, 0) is 9.59 Å². The molecule has 2 amide bonds. The number of hydrogen-bond acceptors (Lipinski definition) is 3. The van der Waals surface area contributed by atoms with Crippen LogP contribution in [0.15, 0.2) is 0 Å². The molecule has 3 atom stereocenters. The van der Waals surface area contributed by atoms with Crippen LogP contribution in [0.5, 0.6) is 0 Å². The second-order valence-corrected chi connectivity index (χ2v) is 6.42. The van der Waals surface area contributed by atoms with Crippen molar-refractivity contribution in [3.8, 4) is 0 Å². The summed E-state index contributed by atoms with van der Waals surface area (Å²) < 4.78 is 0. The van der Waals surface area contributed by atoms with E-state index < -0.39 is 0 Å². The molecule has 0 spiro atoms. The van der Waals surface area contributed by atoms with Crippen molar-refractivity contribution >= 4 is 23.6 Å². The third kappa shape index (κ3) is 2.91. The fourth-order valence-electron chi connectivity index (χ4n) is 2.90. The Morgan fingerprint density at radius 3 is 2.53 bits per heavy atom. The lowest BCUT2D eigenvalue weighted by Gasteiger charge is -2.43. The molecule has 1 aliphatic heterocycles. The first-order chi connectivity index (χ1) is 9.13. The minimum atomic E-state index is -0.278. The maximum Gasteiger partial charge on any atom is 0.246 e. The standard InChI is InChI=1S/C14H24N2O2S/c1-4-10(8-19-3)16-11(5-2)13(17)15-12(14(16)18)9-6-7-9/h9-12H,4-8H2,1-3H3,(H,15,17). The van der Waals surface area contributed by atoms with Crippen LogP contribution in [0.1, 0.15) is 39.5 Å². The highest BCUT2D eigenvalue weighted by molar-refractivity contribution is 7.98. The summed E-state index contributed by atoms with van der Waals surface area (Å²) in [5, 5.41) is 2.94. The predicted molar refractivity (Wildman–Crippen MR) is 78.0 cm³/mol. The maximum absolute atomic E-state index is 12.7. The average molecular weight is 284 g/mol. The summed E-state index contributed by atoms with van der Waals surface area (Å²) >= 11 is 1.74. The molecule has 5 heteroatoms. The Labute approximate surface area is 119 Å². The van der Waals surface area contributed by atoms with Gasteiger partial charge in [0, 0.05) is 11.8 Å². The van der Waals surface area contributed by atoms with E-state index in [-0.39, 0.29) is 29.9 Å². The molecule has 1 aliphatic carbocycles. The van der Waals surface area contributed by atoms with Crippen molar-refractivity contribution in [1.82, 2.24) is 10.2 Å². The topological polar surface area (TPSA) is 49.4 Å². The first-order valence-corrected chi connectivity index (χ1v) is 8.64. The second kappa shape index (κ2) is 6.16. The van der Waals surface area contributed by atoms with Gasteiger partial charge in [0.1, 0.15) is 12.1 Å². The van der Waals surface area contributed by atoms with Crippen LogP contribution in [0, 0.1) is 5.92 Å². The molecule has 108 valence electrons. The van der Waals surface area contributed by atoms with Crippen molar-refractivity contribution in [3.05, 3.63) is 0 Å². The molecule has 0 aromatic carbocycles. The molecule has 1 N–H and O–H groups in total. The molecule has 4 nitrogen and oxygen atoms in total. The quantitative estimate of drug-likeness (QED) is 0.807. The third-order valence-corrected chi connectivity index (χ3v) is 4.88. The Hall–Kier alpha value is -0.710. The van der Waals surface area contributed by atoms with Gasteiger partial charge >= 0.3 is 0 Å². The number of amides is 2. The molecule has 2 fully saturated rings. The largest absolute Gasteiger partial charge is 0.342 e. The molecule has 3 unspecified atom stereocenters. The third-order valence-electron chi connectivity index (χ3n) is 4.16. The van der Waals surface area contributed by atoms with E-state index in [4.69, 9.17) is 0 Å². The molecule has 1 saturated carbocycles. The van der Waals surface area contributed by atoms with Gasteiger partial charge in [-0.15, -0.1) is 0 Å². The number of rotatable bonds is 6. The summed E-state index contributed by atoms with van der Waals surface area (Å²) in [6.45, 7) is 4.08. The highest BCUT2D eigenvalue weighted by atomic mass is 32.2. The predicted octanol–water partition coefficient (Wildman–Crippen LogP) is 1.64. The van der Waals surface area contributed by atoms with Crippen molar-refractivity contribution in [2.24, 2.45) is 5.92 Å². The smallest absolute Gasteiger partial charge is 0.246 e. The Morgan fingerprint density at radius 2 is 2.05 bits per heavy atom. The lowest BCUT2D eigenvalue weighted by atomic mass is 9.99. The minimum Gasteiger partial charge on any atom is -0.342 e. The van der Waals surface area contributed by atoms with Crippen LogP contribution in [0.4, 0.5) is 0 Å². The van der Waals surface area contributed by atoms with Crippen LogP contribution < -0.4 is 5.32 Å². The average Bonchev–Trinajstić information content (AvgIpc) is 3.22. The Balaban J connectivity index is 2.21. The zero-order valence-electron chi connectivity index (χ0n) is 12.0. The molecule has 2 rings (SSSR count). The molecule has 0 bridgehead atoms. The van der Waals surface area contributed by atoms with Gasteiger partial charge in [0.2, 0.25) is 11.8 Å². The number of thioether (sulfide) groups is 1. The molecule has 0 aromatic heterocycles. The lowest BCUT2D eigenvalue weighted by molar-refractivity contribution is -0.152. The summed E-state index contributed by atoms with van der Waals surface area (Å²) in [6, 6.07) is -0.356. The Bertz CT molecular complexity index is 357. The molecular formula is C14H24N2O2S. The van der Waals surface area contributed by atoms with Gasteiger partial charge in [0.15, 0.2) is 0 Å². The van der Waals surface area contributed by atoms with Gasteiger partial charge in [0.25, 0.3) is 0 Å². The summed E-state index contributed by atoms with van der Waals surface area (Å²) in [4.78, 5) is 26.8. The van der Waals surface area contributed by atoms with Crippen molar-refractivity contribution in [3.63, 3.8) is 0 Å². The number of carbonyl (C=O) groups excluding carboxylic acids is 2. The fraction of sp³-hybridized carbons (Fsp3) is 0.857. The molecule has 1 heterocycles. The maximum atomic E-state index is 12.7. The van der Waals surface area contributed by atoms with Gasteiger partial charge < -0.3 is 10.2 Å². The molecule has 0 radical (unpaired) electrons. The minimum absolute atomic E-state index is 0.0403. The van der Waals surface area contributed by atoms with E-state index in [1.807, 2.05) is 11.8 Å². The second-order valence-electron chi connectivity index (χ2n) is 5.51. The van der Waals surface area contributed by atoms with E-state index in [0.717, 1.165) is 25.0 Å².